The van der Waals surface area contributed by atoms with Crippen molar-refractivity contribution in [1.29, 1.82) is 0 Å². The highest BCUT2D eigenvalue weighted by Crippen LogP contribution is 2.32. The number of carboxylic acids is 1. The van der Waals surface area contributed by atoms with Gasteiger partial charge in [-0.3, -0.25) is 14.9 Å². The molecule has 1 aromatic carbocycles. The second-order valence-corrected chi connectivity index (χ2v) is 4.26. The van der Waals surface area contributed by atoms with Crippen LogP contribution < -0.4 is 4.74 Å². The van der Waals surface area contributed by atoms with Crippen molar-refractivity contribution in [2.24, 2.45) is 0 Å². The number of nitro benzene ring substituents is 1. The number of hydrogen-bond acceptors (Lipinski definition) is 4. The van der Waals surface area contributed by atoms with Crippen LogP contribution in [0.1, 0.15) is 31.2 Å². The smallest absolute Gasteiger partial charge is 0.311 e. The summed E-state index contributed by atoms with van der Waals surface area (Å²) in [5, 5.41) is 20.2. The Kier molecular flexibility index (Phi) is 5.71. The Hall–Kier alpha value is -2.37. The first-order valence-electron chi connectivity index (χ1n) is 6.26. The molecule has 0 bridgehead atoms. The largest absolute Gasteiger partial charge is 0.483 e. The third-order valence-electron chi connectivity index (χ3n) is 2.81. The van der Waals surface area contributed by atoms with Crippen LogP contribution in [0.25, 0.3) is 0 Å². The summed E-state index contributed by atoms with van der Waals surface area (Å²) in [6, 6.07) is 4.26. The lowest BCUT2D eigenvalue weighted by Crippen LogP contribution is -2.12. The van der Waals surface area contributed by atoms with Gasteiger partial charge in [-0.05, 0) is 18.1 Å². The van der Waals surface area contributed by atoms with Gasteiger partial charge in [0.2, 0.25) is 0 Å². The molecular formula is C14H17NO5. The zero-order valence-electron chi connectivity index (χ0n) is 11.2. The fraction of sp³-hybridized carbons (Fsp3) is 0.357. The minimum atomic E-state index is -0.985. The predicted octanol–water partition coefficient (Wildman–Crippen LogP) is 3.13. The molecule has 6 nitrogen and oxygen atoms in total. The minimum absolute atomic E-state index is 0.110. The first kappa shape index (κ1) is 15.7. The van der Waals surface area contributed by atoms with E-state index in [2.05, 4.69) is 6.58 Å². The molecule has 1 aromatic rings. The van der Waals surface area contributed by atoms with Crippen LogP contribution in [0.2, 0.25) is 0 Å². The first-order chi connectivity index (χ1) is 9.51. The van der Waals surface area contributed by atoms with Gasteiger partial charge in [-0.15, -0.1) is 0 Å². The van der Waals surface area contributed by atoms with Gasteiger partial charge in [0.1, 0.15) is 6.61 Å². The van der Waals surface area contributed by atoms with Crippen LogP contribution in [-0.4, -0.2) is 22.6 Å². The molecule has 0 saturated heterocycles. The number of rotatable bonds is 8. The molecule has 0 radical (unpaired) electrons. The van der Waals surface area contributed by atoms with Crippen molar-refractivity contribution in [3.8, 4) is 5.75 Å². The number of hydrogen-bond donors (Lipinski definition) is 1. The van der Waals surface area contributed by atoms with Crippen LogP contribution in [0.4, 0.5) is 5.69 Å². The molecule has 0 amide bonds. The van der Waals surface area contributed by atoms with E-state index >= 15 is 0 Å². The van der Waals surface area contributed by atoms with Gasteiger partial charge in [0.25, 0.3) is 0 Å². The molecule has 1 N–H and O–H groups in total. The lowest BCUT2D eigenvalue weighted by molar-refractivity contribution is -0.385. The summed E-state index contributed by atoms with van der Waals surface area (Å²) >= 11 is 0. The van der Waals surface area contributed by atoms with E-state index < -0.39 is 16.8 Å². The van der Waals surface area contributed by atoms with Crippen molar-refractivity contribution in [1.82, 2.24) is 0 Å². The molecule has 108 valence electrons. The molecule has 0 fully saturated rings. The number of nitro groups is 1. The van der Waals surface area contributed by atoms with Crippen molar-refractivity contribution in [3.63, 3.8) is 0 Å². The fourth-order valence-corrected chi connectivity index (χ4v) is 1.89. The van der Waals surface area contributed by atoms with Gasteiger partial charge in [-0.1, -0.05) is 32.1 Å². The Labute approximate surface area is 116 Å². The Balaban J connectivity index is 3.17. The number of nitrogens with zero attached hydrogens (tertiary/aromatic N) is 1. The number of benzene rings is 1. The van der Waals surface area contributed by atoms with Gasteiger partial charge in [0.15, 0.2) is 5.75 Å². The highest BCUT2D eigenvalue weighted by Gasteiger charge is 2.23. The number of carboxylic acid groups (broad SMARTS) is 1. The average molecular weight is 279 g/mol. The Morgan fingerprint density at radius 3 is 2.80 bits per heavy atom. The highest BCUT2D eigenvalue weighted by molar-refractivity contribution is 5.76. The van der Waals surface area contributed by atoms with Crippen molar-refractivity contribution >= 4 is 11.7 Å². The molecule has 1 rings (SSSR count). The van der Waals surface area contributed by atoms with E-state index in [4.69, 9.17) is 4.74 Å². The van der Waals surface area contributed by atoms with Crippen molar-refractivity contribution < 1.29 is 19.6 Å². The quantitative estimate of drug-likeness (QED) is 0.448. The molecule has 20 heavy (non-hydrogen) atoms. The monoisotopic (exact) mass is 279 g/mol. The number of carbonyl (C=O) groups is 1. The zero-order chi connectivity index (χ0) is 15.1. The van der Waals surface area contributed by atoms with Crippen LogP contribution in [0.3, 0.4) is 0 Å². The normalized spacial score (nSPS) is 11.7. The van der Waals surface area contributed by atoms with Gasteiger partial charge in [-0.25, -0.2) is 0 Å². The molecule has 0 saturated carbocycles. The summed E-state index contributed by atoms with van der Waals surface area (Å²) in [7, 11) is 0. The maximum atomic E-state index is 11.2. The van der Waals surface area contributed by atoms with Gasteiger partial charge in [-0.2, -0.15) is 0 Å². The minimum Gasteiger partial charge on any atom is -0.483 e. The summed E-state index contributed by atoms with van der Waals surface area (Å²) in [6.45, 7) is 5.49. The molecule has 1 atom stereocenters. The summed E-state index contributed by atoms with van der Waals surface area (Å²) in [5.74, 6) is -1.62. The molecule has 0 aliphatic heterocycles. The highest BCUT2D eigenvalue weighted by atomic mass is 16.6. The van der Waals surface area contributed by atoms with E-state index in [1.54, 1.807) is 6.07 Å². The van der Waals surface area contributed by atoms with Crippen LogP contribution in [0.15, 0.2) is 30.9 Å². The summed E-state index contributed by atoms with van der Waals surface area (Å²) in [4.78, 5) is 21.7. The molecule has 0 aliphatic rings. The van der Waals surface area contributed by atoms with Crippen molar-refractivity contribution in [3.05, 3.63) is 46.5 Å². The zero-order valence-corrected chi connectivity index (χ0v) is 11.2. The van der Waals surface area contributed by atoms with E-state index in [0.717, 1.165) is 0 Å². The molecule has 0 heterocycles. The lowest BCUT2D eigenvalue weighted by Gasteiger charge is -2.12. The second-order valence-electron chi connectivity index (χ2n) is 4.26. The van der Waals surface area contributed by atoms with E-state index in [0.29, 0.717) is 18.4 Å². The fourth-order valence-electron chi connectivity index (χ4n) is 1.89. The van der Waals surface area contributed by atoms with Gasteiger partial charge >= 0.3 is 11.7 Å². The van der Waals surface area contributed by atoms with Gasteiger partial charge in [0.05, 0.1) is 10.8 Å². The predicted molar refractivity (Wildman–Crippen MR) is 74.1 cm³/mol. The Bertz CT molecular complexity index is 512. The number of ether oxygens (including phenoxy) is 1. The molecule has 0 aliphatic carbocycles. The topological polar surface area (TPSA) is 89.7 Å². The summed E-state index contributed by atoms with van der Waals surface area (Å²) < 4.78 is 5.20. The van der Waals surface area contributed by atoms with E-state index in [1.807, 2.05) is 6.92 Å². The van der Waals surface area contributed by atoms with Crippen molar-refractivity contribution in [2.45, 2.75) is 25.7 Å². The first-order valence-corrected chi connectivity index (χ1v) is 6.26. The third kappa shape index (κ3) is 3.81. The number of aliphatic carboxylic acids is 1. The van der Waals surface area contributed by atoms with Gasteiger partial charge in [0, 0.05) is 6.07 Å². The molecule has 6 heteroatoms. The Morgan fingerprint density at radius 1 is 1.60 bits per heavy atom. The maximum absolute atomic E-state index is 11.2. The lowest BCUT2D eigenvalue weighted by atomic mass is 9.94. The van der Waals surface area contributed by atoms with Gasteiger partial charge < -0.3 is 9.84 Å². The van der Waals surface area contributed by atoms with E-state index in [1.165, 1.54) is 18.2 Å². The summed E-state index contributed by atoms with van der Waals surface area (Å²) in [6.07, 6.45) is 2.59. The van der Waals surface area contributed by atoms with E-state index in [-0.39, 0.29) is 18.0 Å². The second kappa shape index (κ2) is 7.28. The standard InChI is InChI=1S/C14H17NO5/c1-3-5-11(14(16)17)10-6-7-13(20-8-4-2)12(9-10)15(18)19/h4,6-7,9,11H,2-3,5,8H2,1H3,(H,16,17). The molecule has 0 aromatic heterocycles. The van der Waals surface area contributed by atoms with Crippen LogP contribution in [0.5, 0.6) is 5.75 Å². The maximum Gasteiger partial charge on any atom is 0.311 e. The van der Waals surface area contributed by atoms with E-state index in [9.17, 15) is 20.0 Å². The average Bonchev–Trinajstić information content (AvgIpc) is 2.42. The molecule has 0 spiro atoms. The molecular weight excluding hydrogens is 262 g/mol. The molecule has 1 unspecified atom stereocenters. The SMILES string of the molecule is C=CCOc1ccc(C(CCC)C(=O)O)cc1[N+](=O)[O-]. The van der Waals surface area contributed by atoms with Crippen molar-refractivity contribution in [2.75, 3.05) is 6.61 Å². The van der Waals surface area contributed by atoms with Crippen LogP contribution in [0, 0.1) is 10.1 Å². The Morgan fingerprint density at radius 2 is 2.30 bits per heavy atom. The summed E-state index contributed by atoms with van der Waals surface area (Å²) in [5.41, 5.74) is 0.184. The third-order valence-corrected chi connectivity index (χ3v) is 2.81. The van der Waals surface area contributed by atoms with Crippen LogP contribution in [-0.2, 0) is 4.79 Å². The van der Waals surface area contributed by atoms with Crippen LogP contribution >= 0.6 is 0 Å².